The molecule has 1 fully saturated rings. The number of thiocarbonyl (C=S) groups is 1. The predicted octanol–water partition coefficient (Wildman–Crippen LogP) is 2.19. The zero-order chi connectivity index (χ0) is 18.3. The monoisotopic (exact) mass is 376 g/mol. The van der Waals surface area contributed by atoms with Crippen molar-refractivity contribution >= 4 is 57.3 Å². The smallest absolute Gasteiger partial charge is 0.326 e. The van der Waals surface area contributed by atoms with Crippen LogP contribution in [0.15, 0.2) is 29.2 Å². The number of nitrogens with zero attached hydrogens (tertiary/aromatic N) is 2. The van der Waals surface area contributed by atoms with Crippen LogP contribution in [-0.2, 0) is 19.1 Å². The molecule has 3 rings (SSSR count). The molecule has 2 aliphatic rings. The lowest BCUT2D eigenvalue weighted by Gasteiger charge is -2.15. The highest BCUT2D eigenvalue weighted by Gasteiger charge is 2.41. The average Bonchev–Trinajstić information content (AvgIpc) is 2.96. The Labute approximate surface area is 154 Å². The molecule has 1 aromatic carbocycles. The summed E-state index contributed by atoms with van der Waals surface area (Å²) in [6, 6.07) is 7.26. The van der Waals surface area contributed by atoms with Gasteiger partial charge in [-0.3, -0.25) is 19.3 Å². The third-order valence-electron chi connectivity index (χ3n) is 3.78. The fourth-order valence-corrected chi connectivity index (χ4v) is 4.03. The van der Waals surface area contributed by atoms with Crippen molar-refractivity contribution in [3.05, 3.63) is 34.7 Å². The van der Waals surface area contributed by atoms with Crippen molar-refractivity contribution in [1.29, 1.82) is 0 Å². The standard InChI is InChI=1S/C17H16N2O4S2/c1-9(2)23-12(20)8-19-16(22)14(25-17(19)24)13-10-6-4-5-7-11(10)18(3)15(13)21/h4-7,9H,8H2,1-3H3/b14-13-. The van der Waals surface area contributed by atoms with E-state index >= 15 is 0 Å². The van der Waals surface area contributed by atoms with Crippen LogP contribution in [0, 0.1) is 0 Å². The molecule has 0 aliphatic carbocycles. The van der Waals surface area contributed by atoms with E-state index in [1.807, 2.05) is 18.2 Å². The normalized spacial score (nSPS) is 19.9. The zero-order valence-corrected chi connectivity index (χ0v) is 15.6. The Bertz CT molecular complexity index is 832. The van der Waals surface area contributed by atoms with Crippen LogP contribution in [0.3, 0.4) is 0 Å². The molecule has 1 aromatic rings. The molecule has 0 unspecified atom stereocenters. The Hall–Kier alpha value is -2.19. The Morgan fingerprint density at radius 2 is 1.92 bits per heavy atom. The highest BCUT2D eigenvalue weighted by atomic mass is 32.2. The second-order valence-corrected chi connectivity index (χ2v) is 7.53. The van der Waals surface area contributed by atoms with Gasteiger partial charge in [-0.15, -0.1) is 0 Å². The Morgan fingerprint density at radius 1 is 1.24 bits per heavy atom. The fourth-order valence-electron chi connectivity index (χ4n) is 2.70. The van der Waals surface area contributed by atoms with Crippen LogP contribution in [-0.4, -0.2) is 46.7 Å². The number of amides is 2. The van der Waals surface area contributed by atoms with E-state index in [9.17, 15) is 14.4 Å². The van der Waals surface area contributed by atoms with Crippen LogP contribution in [0.4, 0.5) is 5.69 Å². The number of thioether (sulfide) groups is 1. The first-order chi connectivity index (χ1) is 11.8. The van der Waals surface area contributed by atoms with Crippen molar-refractivity contribution in [2.24, 2.45) is 0 Å². The number of esters is 1. The molecule has 25 heavy (non-hydrogen) atoms. The van der Waals surface area contributed by atoms with Gasteiger partial charge in [0.25, 0.3) is 11.8 Å². The lowest BCUT2D eigenvalue weighted by Crippen LogP contribution is -2.35. The molecular weight excluding hydrogens is 360 g/mol. The summed E-state index contributed by atoms with van der Waals surface area (Å²) in [6.07, 6.45) is -0.277. The van der Waals surface area contributed by atoms with Gasteiger partial charge in [-0.25, -0.2) is 0 Å². The van der Waals surface area contributed by atoms with Crippen LogP contribution >= 0.6 is 24.0 Å². The van der Waals surface area contributed by atoms with Crippen molar-refractivity contribution in [1.82, 2.24) is 4.90 Å². The Morgan fingerprint density at radius 3 is 2.60 bits per heavy atom. The number of carbonyl (C=O) groups is 3. The van der Waals surface area contributed by atoms with Gasteiger partial charge in [-0.05, 0) is 19.9 Å². The van der Waals surface area contributed by atoms with Gasteiger partial charge >= 0.3 is 5.97 Å². The number of carbonyl (C=O) groups excluding carboxylic acids is 3. The van der Waals surface area contributed by atoms with Crippen molar-refractivity contribution in [3.8, 4) is 0 Å². The molecule has 0 atom stereocenters. The first-order valence-corrected chi connectivity index (χ1v) is 8.88. The van der Waals surface area contributed by atoms with Gasteiger partial charge in [0, 0.05) is 12.6 Å². The predicted molar refractivity (Wildman–Crippen MR) is 99.9 cm³/mol. The maximum Gasteiger partial charge on any atom is 0.326 e. The summed E-state index contributed by atoms with van der Waals surface area (Å²) in [4.78, 5) is 40.2. The minimum Gasteiger partial charge on any atom is -0.462 e. The quantitative estimate of drug-likeness (QED) is 0.458. The van der Waals surface area contributed by atoms with Crippen molar-refractivity contribution in [2.45, 2.75) is 20.0 Å². The van der Waals surface area contributed by atoms with Crippen molar-refractivity contribution in [2.75, 3.05) is 18.5 Å². The summed E-state index contributed by atoms with van der Waals surface area (Å²) in [5, 5.41) is 0. The number of anilines is 1. The molecule has 2 aliphatic heterocycles. The summed E-state index contributed by atoms with van der Waals surface area (Å²) in [7, 11) is 1.66. The topological polar surface area (TPSA) is 66.9 Å². The molecule has 6 nitrogen and oxygen atoms in total. The van der Waals surface area contributed by atoms with Crippen LogP contribution in [0.2, 0.25) is 0 Å². The maximum absolute atomic E-state index is 12.8. The van der Waals surface area contributed by atoms with Crippen molar-refractivity contribution in [3.63, 3.8) is 0 Å². The molecule has 0 N–H and O–H groups in total. The molecule has 130 valence electrons. The number of para-hydroxylation sites is 1. The highest BCUT2D eigenvalue weighted by molar-refractivity contribution is 8.26. The summed E-state index contributed by atoms with van der Waals surface area (Å²) in [5.41, 5.74) is 1.77. The zero-order valence-electron chi connectivity index (χ0n) is 13.9. The van der Waals surface area contributed by atoms with Gasteiger partial charge in [0.2, 0.25) is 0 Å². The third kappa shape index (κ3) is 3.07. The second-order valence-electron chi connectivity index (χ2n) is 5.88. The van der Waals surface area contributed by atoms with Gasteiger partial charge < -0.3 is 9.64 Å². The Balaban J connectivity index is 1.96. The Kier molecular flexibility index (Phi) is 4.66. The number of likely N-dealkylation sites (N-methyl/N-ethyl adjacent to an activating group) is 1. The fraction of sp³-hybridized carbons (Fsp3) is 0.294. The molecule has 8 heteroatoms. The van der Waals surface area contributed by atoms with E-state index in [1.54, 1.807) is 27.0 Å². The molecule has 0 saturated carbocycles. The van der Waals surface area contributed by atoms with Crippen LogP contribution in [0.25, 0.3) is 5.57 Å². The van der Waals surface area contributed by atoms with E-state index in [0.29, 0.717) is 11.1 Å². The second kappa shape index (κ2) is 6.61. The minimum absolute atomic E-state index is 0.244. The van der Waals surface area contributed by atoms with E-state index in [-0.39, 0.29) is 27.8 Å². The summed E-state index contributed by atoms with van der Waals surface area (Å²) >= 11 is 6.27. The van der Waals surface area contributed by atoms with Crippen LogP contribution < -0.4 is 4.90 Å². The van der Waals surface area contributed by atoms with Crippen LogP contribution in [0.1, 0.15) is 19.4 Å². The maximum atomic E-state index is 12.8. The molecular formula is C17H16N2O4S2. The third-order valence-corrected chi connectivity index (χ3v) is 5.23. The summed E-state index contributed by atoms with van der Waals surface area (Å²) < 4.78 is 5.31. The van der Waals surface area contributed by atoms with E-state index in [4.69, 9.17) is 17.0 Å². The minimum atomic E-state index is -0.534. The number of hydrogen-bond donors (Lipinski definition) is 0. The number of fused-ring (bicyclic) bond motifs is 1. The average molecular weight is 376 g/mol. The number of hydrogen-bond acceptors (Lipinski definition) is 6. The number of rotatable bonds is 3. The summed E-state index contributed by atoms with van der Waals surface area (Å²) in [6.45, 7) is 3.20. The lowest BCUT2D eigenvalue weighted by molar-refractivity contribution is -0.149. The molecule has 0 aromatic heterocycles. The largest absolute Gasteiger partial charge is 0.462 e. The SMILES string of the molecule is CC(C)OC(=O)CN1C(=O)/C(=C2/C(=O)N(C)c3ccccc32)SC1=S. The molecule has 0 radical (unpaired) electrons. The van der Waals surface area contributed by atoms with Crippen molar-refractivity contribution < 1.29 is 19.1 Å². The molecule has 2 amide bonds. The van der Waals surface area contributed by atoms with Gasteiger partial charge in [0.05, 0.1) is 22.3 Å². The van der Waals surface area contributed by atoms with E-state index < -0.39 is 11.9 Å². The van der Waals surface area contributed by atoms with E-state index in [2.05, 4.69) is 0 Å². The van der Waals surface area contributed by atoms with Gasteiger partial charge in [-0.1, -0.05) is 42.2 Å². The van der Waals surface area contributed by atoms with Gasteiger partial charge in [0.15, 0.2) is 0 Å². The van der Waals surface area contributed by atoms with E-state index in [0.717, 1.165) is 17.4 Å². The number of benzene rings is 1. The number of ether oxygens (including phenoxy) is 1. The van der Waals surface area contributed by atoms with E-state index in [1.165, 1.54) is 9.80 Å². The first kappa shape index (κ1) is 17.6. The first-order valence-electron chi connectivity index (χ1n) is 7.66. The van der Waals surface area contributed by atoms with Gasteiger partial charge in [0.1, 0.15) is 10.9 Å². The molecule has 0 bridgehead atoms. The highest BCUT2D eigenvalue weighted by Crippen LogP contribution is 2.43. The molecule has 1 saturated heterocycles. The molecule has 0 spiro atoms. The van der Waals surface area contributed by atoms with Crippen LogP contribution in [0.5, 0.6) is 0 Å². The molecule has 2 heterocycles. The van der Waals surface area contributed by atoms with Gasteiger partial charge in [-0.2, -0.15) is 0 Å². The lowest BCUT2D eigenvalue weighted by atomic mass is 10.1. The summed E-state index contributed by atoms with van der Waals surface area (Å²) in [5.74, 6) is -1.23.